The number of amides is 2. The smallest absolute Gasteiger partial charge is 0.287 e. The quantitative estimate of drug-likeness (QED) is 0.847. The molecule has 1 saturated heterocycles. The Morgan fingerprint density at radius 2 is 1.96 bits per heavy atom. The van der Waals surface area contributed by atoms with Crippen molar-refractivity contribution in [2.75, 3.05) is 33.2 Å². The highest BCUT2D eigenvalue weighted by atomic mass is 79.9. The second kappa shape index (κ2) is 7.84. The maximum atomic E-state index is 12.7. The fourth-order valence-corrected chi connectivity index (χ4v) is 3.27. The molecule has 25 heavy (non-hydrogen) atoms. The van der Waals surface area contributed by atoms with Crippen molar-refractivity contribution in [3.63, 3.8) is 0 Å². The van der Waals surface area contributed by atoms with Gasteiger partial charge in [-0.1, -0.05) is 30.3 Å². The molecule has 6 nitrogen and oxygen atoms in total. The van der Waals surface area contributed by atoms with Gasteiger partial charge in [-0.25, -0.2) is 0 Å². The van der Waals surface area contributed by atoms with Crippen molar-refractivity contribution in [2.45, 2.75) is 6.04 Å². The fraction of sp³-hybridized carbons (Fsp3) is 0.333. The van der Waals surface area contributed by atoms with Crippen LogP contribution in [0.15, 0.2) is 51.6 Å². The Balaban J connectivity index is 1.66. The number of hydrogen-bond donors (Lipinski definition) is 1. The molecular formula is C18H20BrN3O3. The van der Waals surface area contributed by atoms with E-state index in [0.717, 1.165) is 18.7 Å². The molecule has 0 radical (unpaired) electrons. The van der Waals surface area contributed by atoms with Crippen molar-refractivity contribution in [3.8, 4) is 0 Å². The molecule has 2 heterocycles. The van der Waals surface area contributed by atoms with Gasteiger partial charge in [0.15, 0.2) is 10.4 Å². The van der Waals surface area contributed by atoms with E-state index in [1.165, 1.54) is 0 Å². The van der Waals surface area contributed by atoms with Crippen molar-refractivity contribution in [1.82, 2.24) is 15.1 Å². The van der Waals surface area contributed by atoms with Crippen LogP contribution in [0, 0.1) is 0 Å². The molecule has 1 fully saturated rings. The van der Waals surface area contributed by atoms with E-state index in [2.05, 4.69) is 26.1 Å². The first kappa shape index (κ1) is 17.7. The second-order valence-corrected chi connectivity index (χ2v) is 6.84. The monoisotopic (exact) mass is 405 g/mol. The van der Waals surface area contributed by atoms with Gasteiger partial charge in [0.2, 0.25) is 5.91 Å². The van der Waals surface area contributed by atoms with Crippen LogP contribution in [0.25, 0.3) is 0 Å². The summed E-state index contributed by atoms with van der Waals surface area (Å²) < 4.78 is 5.68. The molecule has 1 aromatic heterocycles. The molecule has 2 aromatic rings. The molecule has 1 N–H and O–H groups in total. The van der Waals surface area contributed by atoms with E-state index in [4.69, 9.17) is 4.42 Å². The van der Waals surface area contributed by atoms with Crippen molar-refractivity contribution in [1.29, 1.82) is 0 Å². The summed E-state index contributed by atoms with van der Waals surface area (Å²) in [5, 5.41) is 2.63. The zero-order chi connectivity index (χ0) is 17.8. The van der Waals surface area contributed by atoms with E-state index < -0.39 is 5.91 Å². The Labute approximate surface area is 154 Å². The summed E-state index contributed by atoms with van der Waals surface area (Å²) in [6, 6.07) is 13.2. The number of rotatable bonds is 4. The van der Waals surface area contributed by atoms with Crippen LogP contribution >= 0.6 is 15.9 Å². The maximum Gasteiger partial charge on any atom is 0.287 e. The summed E-state index contributed by atoms with van der Waals surface area (Å²) in [5.41, 5.74) is 1.10. The molecule has 1 aliphatic heterocycles. The third-order valence-corrected chi connectivity index (χ3v) is 4.71. The standard InChI is InChI=1S/C18H20BrN3O3/c1-21-9-10-22(14(12-21)13-5-3-2-4-6-13)17(23)11-20-18(24)15-7-8-16(19)25-15/h2-8,14H,9-12H2,1H3,(H,20,24). The zero-order valence-corrected chi connectivity index (χ0v) is 15.5. The molecule has 0 saturated carbocycles. The summed E-state index contributed by atoms with van der Waals surface area (Å²) >= 11 is 3.16. The highest BCUT2D eigenvalue weighted by Crippen LogP contribution is 2.24. The molecule has 7 heteroatoms. The van der Waals surface area contributed by atoms with Gasteiger partial charge >= 0.3 is 0 Å². The Hall–Kier alpha value is -2.12. The molecule has 1 unspecified atom stereocenters. The summed E-state index contributed by atoms with van der Waals surface area (Å²) in [4.78, 5) is 28.8. The predicted octanol–water partition coefficient (Wildman–Crippen LogP) is 2.29. The Kier molecular flexibility index (Phi) is 5.55. The summed E-state index contributed by atoms with van der Waals surface area (Å²) in [7, 11) is 2.05. The lowest BCUT2D eigenvalue weighted by Crippen LogP contribution is -2.51. The van der Waals surface area contributed by atoms with Gasteiger partial charge in [0.05, 0.1) is 12.6 Å². The number of halogens is 1. The average molecular weight is 406 g/mol. The Morgan fingerprint density at radius 3 is 2.64 bits per heavy atom. The fourth-order valence-electron chi connectivity index (χ4n) is 2.96. The molecule has 3 rings (SSSR count). The third-order valence-electron chi connectivity index (χ3n) is 4.29. The molecule has 1 aliphatic rings. The van der Waals surface area contributed by atoms with Gasteiger partial charge in [0.25, 0.3) is 5.91 Å². The van der Waals surface area contributed by atoms with Gasteiger partial charge in [0.1, 0.15) is 0 Å². The SMILES string of the molecule is CN1CCN(C(=O)CNC(=O)c2ccc(Br)o2)C(c2ccccc2)C1. The minimum atomic E-state index is -0.399. The number of nitrogens with one attached hydrogen (secondary N) is 1. The van der Waals surface area contributed by atoms with Crippen LogP contribution in [-0.2, 0) is 4.79 Å². The van der Waals surface area contributed by atoms with E-state index in [1.807, 2.05) is 42.3 Å². The summed E-state index contributed by atoms with van der Waals surface area (Å²) in [6.45, 7) is 2.17. The lowest BCUT2D eigenvalue weighted by atomic mass is 10.0. The number of piperazine rings is 1. The van der Waals surface area contributed by atoms with Gasteiger partial charge in [-0.2, -0.15) is 0 Å². The van der Waals surface area contributed by atoms with Gasteiger partial charge in [-0.05, 0) is 40.7 Å². The molecule has 132 valence electrons. The Morgan fingerprint density at radius 1 is 1.20 bits per heavy atom. The first-order valence-electron chi connectivity index (χ1n) is 8.11. The topological polar surface area (TPSA) is 65.8 Å². The molecular weight excluding hydrogens is 386 g/mol. The number of nitrogens with zero attached hydrogens (tertiary/aromatic N) is 2. The largest absolute Gasteiger partial charge is 0.444 e. The lowest BCUT2D eigenvalue weighted by molar-refractivity contribution is -0.135. The van der Waals surface area contributed by atoms with Gasteiger partial charge in [0, 0.05) is 19.6 Å². The van der Waals surface area contributed by atoms with E-state index in [0.29, 0.717) is 11.2 Å². The first-order valence-corrected chi connectivity index (χ1v) is 8.90. The lowest BCUT2D eigenvalue weighted by Gasteiger charge is -2.40. The average Bonchev–Trinajstić information content (AvgIpc) is 3.06. The van der Waals surface area contributed by atoms with Crippen molar-refractivity contribution in [2.24, 2.45) is 0 Å². The summed E-state index contributed by atoms with van der Waals surface area (Å²) in [6.07, 6.45) is 0. The van der Waals surface area contributed by atoms with Gasteiger partial charge < -0.3 is 19.5 Å². The number of furan rings is 1. The normalized spacial score (nSPS) is 18.2. The molecule has 0 spiro atoms. The number of carbonyl (C=O) groups excluding carboxylic acids is 2. The number of carbonyl (C=O) groups is 2. The number of benzene rings is 1. The molecule has 1 atom stereocenters. The first-order chi connectivity index (χ1) is 12.0. The van der Waals surface area contributed by atoms with Gasteiger partial charge in [-0.15, -0.1) is 0 Å². The van der Waals surface area contributed by atoms with Crippen LogP contribution in [0.5, 0.6) is 0 Å². The molecule has 1 aromatic carbocycles. The van der Waals surface area contributed by atoms with E-state index in [1.54, 1.807) is 12.1 Å². The molecule has 0 aliphatic carbocycles. The van der Waals surface area contributed by atoms with E-state index in [9.17, 15) is 9.59 Å². The van der Waals surface area contributed by atoms with E-state index in [-0.39, 0.29) is 24.3 Å². The van der Waals surface area contributed by atoms with Crippen molar-refractivity contribution < 1.29 is 14.0 Å². The highest BCUT2D eigenvalue weighted by Gasteiger charge is 2.30. The Bertz CT molecular complexity index is 747. The maximum absolute atomic E-state index is 12.7. The molecule has 0 bridgehead atoms. The number of likely N-dealkylation sites (N-methyl/N-ethyl adjacent to an activating group) is 1. The highest BCUT2D eigenvalue weighted by molar-refractivity contribution is 9.10. The van der Waals surface area contributed by atoms with Crippen molar-refractivity contribution >= 4 is 27.7 Å². The number of hydrogen-bond acceptors (Lipinski definition) is 4. The second-order valence-electron chi connectivity index (χ2n) is 6.06. The van der Waals surface area contributed by atoms with Crippen LogP contribution in [0.3, 0.4) is 0 Å². The third kappa shape index (κ3) is 4.29. The van der Waals surface area contributed by atoms with Crippen LogP contribution in [-0.4, -0.2) is 54.8 Å². The summed E-state index contributed by atoms with van der Waals surface area (Å²) in [5.74, 6) is -0.317. The van der Waals surface area contributed by atoms with Crippen molar-refractivity contribution in [3.05, 3.63) is 58.5 Å². The van der Waals surface area contributed by atoms with Crippen LogP contribution in [0.2, 0.25) is 0 Å². The predicted molar refractivity (Wildman–Crippen MR) is 97.1 cm³/mol. The van der Waals surface area contributed by atoms with Gasteiger partial charge in [-0.3, -0.25) is 9.59 Å². The van der Waals surface area contributed by atoms with Crippen LogP contribution in [0.1, 0.15) is 22.2 Å². The van der Waals surface area contributed by atoms with Crippen LogP contribution < -0.4 is 5.32 Å². The minimum Gasteiger partial charge on any atom is -0.444 e. The van der Waals surface area contributed by atoms with E-state index >= 15 is 0 Å². The minimum absolute atomic E-state index is 0.0119. The van der Waals surface area contributed by atoms with Crippen LogP contribution in [0.4, 0.5) is 0 Å². The molecule has 2 amide bonds. The zero-order valence-electron chi connectivity index (χ0n) is 13.9.